The first-order chi connectivity index (χ1) is 15.1. The third-order valence-electron chi connectivity index (χ3n) is 4.80. The predicted molar refractivity (Wildman–Crippen MR) is 124 cm³/mol. The molecule has 0 spiro atoms. The van der Waals surface area contributed by atoms with E-state index in [-0.39, 0.29) is 26.7 Å². The Hall–Kier alpha value is -3.36. The number of carbonyl (C=O) groups excluding carboxylic acids is 2. The minimum atomic E-state index is -3.88. The second kappa shape index (κ2) is 9.42. The van der Waals surface area contributed by atoms with Crippen molar-refractivity contribution < 1.29 is 22.7 Å². The van der Waals surface area contributed by atoms with E-state index in [1.165, 1.54) is 50.6 Å². The van der Waals surface area contributed by atoms with Crippen LogP contribution in [0.15, 0.2) is 71.6 Å². The Morgan fingerprint density at radius 3 is 2.25 bits per heavy atom. The molecule has 9 heteroatoms. The number of carbonyl (C=O) groups is 2. The van der Waals surface area contributed by atoms with Crippen LogP contribution in [0.5, 0.6) is 0 Å². The minimum Gasteiger partial charge on any atom is -0.465 e. The number of amides is 1. The lowest BCUT2D eigenvalue weighted by Gasteiger charge is -2.22. The minimum absolute atomic E-state index is 0.113. The summed E-state index contributed by atoms with van der Waals surface area (Å²) < 4.78 is 31.9. The second-order valence-corrected chi connectivity index (χ2v) is 9.32. The number of halogens is 1. The molecule has 0 aliphatic carbocycles. The van der Waals surface area contributed by atoms with Crippen molar-refractivity contribution in [1.29, 1.82) is 0 Å². The number of para-hydroxylation sites is 1. The van der Waals surface area contributed by atoms with Gasteiger partial charge in [0.25, 0.3) is 15.9 Å². The normalized spacial score (nSPS) is 11.0. The zero-order valence-corrected chi connectivity index (χ0v) is 19.2. The van der Waals surface area contributed by atoms with Crippen LogP contribution in [0, 0.1) is 6.92 Å². The Morgan fingerprint density at radius 1 is 0.969 bits per heavy atom. The molecule has 0 aliphatic heterocycles. The fourth-order valence-corrected chi connectivity index (χ4v) is 4.48. The van der Waals surface area contributed by atoms with Crippen molar-refractivity contribution in [3.05, 3.63) is 88.4 Å². The van der Waals surface area contributed by atoms with Gasteiger partial charge in [-0.2, -0.15) is 0 Å². The van der Waals surface area contributed by atoms with Gasteiger partial charge in [-0.05, 0) is 49.4 Å². The topological polar surface area (TPSA) is 92.8 Å². The summed E-state index contributed by atoms with van der Waals surface area (Å²) in [5, 5.41) is 2.79. The number of ether oxygens (including phenoxy) is 1. The van der Waals surface area contributed by atoms with Gasteiger partial charge in [0, 0.05) is 12.7 Å². The third kappa shape index (κ3) is 4.76. The highest BCUT2D eigenvalue weighted by molar-refractivity contribution is 7.92. The first kappa shape index (κ1) is 23.3. The number of rotatable bonds is 6. The summed E-state index contributed by atoms with van der Waals surface area (Å²) in [6, 6.07) is 17.2. The number of sulfonamides is 1. The molecule has 3 rings (SSSR count). The molecule has 0 fully saturated rings. The van der Waals surface area contributed by atoms with Gasteiger partial charge in [0.05, 0.1) is 33.8 Å². The van der Waals surface area contributed by atoms with Gasteiger partial charge >= 0.3 is 5.97 Å². The molecular formula is C23H21ClN2O5S. The van der Waals surface area contributed by atoms with Gasteiger partial charge in [-0.3, -0.25) is 9.10 Å². The van der Waals surface area contributed by atoms with Crippen LogP contribution in [0.3, 0.4) is 0 Å². The van der Waals surface area contributed by atoms with Crippen molar-refractivity contribution in [2.45, 2.75) is 11.8 Å². The molecular weight excluding hydrogens is 452 g/mol. The molecule has 0 atom stereocenters. The second-order valence-electron chi connectivity index (χ2n) is 6.94. The molecule has 7 nitrogen and oxygen atoms in total. The van der Waals surface area contributed by atoms with E-state index in [2.05, 4.69) is 10.1 Å². The van der Waals surface area contributed by atoms with Gasteiger partial charge in [0.2, 0.25) is 0 Å². The SMILES string of the molecule is COC(=O)c1ccc(NC(=O)c2ccccc2N(C)S(=O)(=O)c2ccc(C)cc2)cc1Cl. The maximum Gasteiger partial charge on any atom is 0.339 e. The van der Waals surface area contributed by atoms with Crippen molar-refractivity contribution in [3.63, 3.8) is 0 Å². The molecule has 0 saturated carbocycles. The van der Waals surface area contributed by atoms with Crippen molar-refractivity contribution in [2.24, 2.45) is 0 Å². The van der Waals surface area contributed by atoms with Crippen molar-refractivity contribution >= 4 is 44.9 Å². The van der Waals surface area contributed by atoms with Crippen LogP contribution in [0.25, 0.3) is 0 Å². The zero-order chi connectivity index (χ0) is 23.5. The monoisotopic (exact) mass is 472 g/mol. The summed E-state index contributed by atoms with van der Waals surface area (Å²) in [6.45, 7) is 1.86. The van der Waals surface area contributed by atoms with Crippen LogP contribution in [-0.4, -0.2) is 34.5 Å². The Bertz CT molecular complexity index is 1270. The van der Waals surface area contributed by atoms with E-state index in [4.69, 9.17) is 11.6 Å². The average molecular weight is 473 g/mol. The van der Waals surface area contributed by atoms with E-state index in [9.17, 15) is 18.0 Å². The number of hydrogen-bond acceptors (Lipinski definition) is 5. The molecule has 0 unspecified atom stereocenters. The molecule has 1 N–H and O–H groups in total. The lowest BCUT2D eigenvalue weighted by atomic mass is 10.1. The van der Waals surface area contributed by atoms with Crippen LogP contribution >= 0.6 is 11.6 Å². The number of anilines is 2. The van der Waals surface area contributed by atoms with E-state index < -0.39 is 21.9 Å². The summed E-state index contributed by atoms with van der Waals surface area (Å²) in [6.07, 6.45) is 0. The number of nitrogens with zero attached hydrogens (tertiary/aromatic N) is 1. The van der Waals surface area contributed by atoms with Gasteiger partial charge in [-0.1, -0.05) is 41.4 Å². The van der Waals surface area contributed by atoms with Crippen LogP contribution in [0.4, 0.5) is 11.4 Å². The number of benzene rings is 3. The highest BCUT2D eigenvalue weighted by atomic mass is 35.5. The van der Waals surface area contributed by atoms with E-state index in [1.54, 1.807) is 30.3 Å². The van der Waals surface area contributed by atoms with Crippen molar-refractivity contribution in [1.82, 2.24) is 0 Å². The average Bonchev–Trinajstić information content (AvgIpc) is 2.78. The van der Waals surface area contributed by atoms with E-state index in [1.807, 2.05) is 6.92 Å². The highest BCUT2D eigenvalue weighted by Crippen LogP contribution is 2.27. The lowest BCUT2D eigenvalue weighted by molar-refractivity contribution is 0.0601. The largest absolute Gasteiger partial charge is 0.465 e. The smallest absolute Gasteiger partial charge is 0.339 e. The molecule has 0 radical (unpaired) electrons. The molecule has 166 valence electrons. The fourth-order valence-electron chi connectivity index (χ4n) is 3.00. The molecule has 32 heavy (non-hydrogen) atoms. The highest BCUT2D eigenvalue weighted by Gasteiger charge is 2.25. The molecule has 0 aliphatic rings. The van der Waals surface area contributed by atoms with Gasteiger partial charge in [-0.15, -0.1) is 0 Å². The molecule has 3 aromatic rings. The molecule has 1 amide bonds. The Morgan fingerprint density at radius 2 is 1.62 bits per heavy atom. The Balaban J connectivity index is 1.91. The summed E-state index contributed by atoms with van der Waals surface area (Å²) in [7, 11) is -1.25. The number of nitrogens with one attached hydrogen (secondary N) is 1. The maximum absolute atomic E-state index is 13.1. The van der Waals surface area contributed by atoms with E-state index in [0.717, 1.165) is 9.87 Å². The summed E-state index contributed by atoms with van der Waals surface area (Å²) in [5.41, 5.74) is 1.80. The number of methoxy groups -OCH3 is 1. The fraction of sp³-hybridized carbons (Fsp3) is 0.130. The number of esters is 1. The molecule has 0 aromatic heterocycles. The van der Waals surface area contributed by atoms with Crippen LogP contribution in [-0.2, 0) is 14.8 Å². The number of hydrogen-bond donors (Lipinski definition) is 1. The van der Waals surface area contributed by atoms with Gasteiger partial charge < -0.3 is 10.1 Å². The van der Waals surface area contributed by atoms with Crippen molar-refractivity contribution in [2.75, 3.05) is 23.8 Å². The molecule has 3 aromatic carbocycles. The molecule has 0 saturated heterocycles. The van der Waals surface area contributed by atoms with Gasteiger partial charge in [0.15, 0.2) is 0 Å². The first-order valence-corrected chi connectivity index (χ1v) is 11.3. The van der Waals surface area contributed by atoms with E-state index in [0.29, 0.717) is 5.69 Å². The first-order valence-electron chi connectivity index (χ1n) is 9.49. The van der Waals surface area contributed by atoms with Gasteiger partial charge in [0.1, 0.15) is 0 Å². The van der Waals surface area contributed by atoms with Gasteiger partial charge in [-0.25, -0.2) is 13.2 Å². The van der Waals surface area contributed by atoms with Crippen molar-refractivity contribution in [3.8, 4) is 0 Å². The maximum atomic E-state index is 13.1. The van der Waals surface area contributed by atoms with Crippen LogP contribution in [0.1, 0.15) is 26.3 Å². The quantitative estimate of drug-likeness (QED) is 0.533. The zero-order valence-electron chi connectivity index (χ0n) is 17.6. The summed E-state index contributed by atoms with van der Waals surface area (Å²) >= 11 is 6.11. The molecule has 0 heterocycles. The summed E-state index contributed by atoms with van der Waals surface area (Å²) in [5.74, 6) is -1.13. The van der Waals surface area contributed by atoms with Crippen LogP contribution in [0.2, 0.25) is 5.02 Å². The predicted octanol–water partition coefficient (Wildman–Crippen LogP) is 4.51. The van der Waals surface area contributed by atoms with Crippen LogP contribution < -0.4 is 9.62 Å². The summed E-state index contributed by atoms with van der Waals surface area (Å²) in [4.78, 5) is 24.8. The lowest BCUT2D eigenvalue weighted by Crippen LogP contribution is -2.29. The van der Waals surface area contributed by atoms with E-state index >= 15 is 0 Å². The Kier molecular flexibility index (Phi) is 6.86. The standard InChI is InChI=1S/C23H21ClN2O5S/c1-15-8-11-17(12-9-15)32(29,30)26(2)21-7-5-4-6-19(21)22(27)25-16-10-13-18(20(24)14-16)23(28)31-3/h4-14H,1-3H3,(H,25,27). The molecule has 0 bridgehead atoms. The Labute approximate surface area is 191 Å². The number of aryl methyl sites for hydroxylation is 1. The third-order valence-corrected chi connectivity index (χ3v) is 6.90.